The number of hydrogen-bond acceptors (Lipinski definition) is 5. The number of aromatic nitrogens is 1. The van der Waals surface area contributed by atoms with Gasteiger partial charge in [0.2, 0.25) is 0 Å². The molecule has 0 spiro atoms. The summed E-state index contributed by atoms with van der Waals surface area (Å²) in [4.78, 5) is 14.4. The standard InChI is InChI=1S/C20H13FN4O2/c21-13-5-3-6-14(8-13)27-11-12-4-1-2-7-15(12)18-16(9-22)19(24)25-20(26)17(18)10-23/h1-8H,11H2,(H3,24,25,26). The summed E-state index contributed by atoms with van der Waals surface area (Å²) in [5, 5.41) is 18.9. The number of nitrogens with two attached hydrogens (primary N) is 1. The van der Waals surface area contributed by atoms with Crippen LogP contribution in [0.1, 0.15) is 16.7 Å². The van der Waals surface area contributed by atoms with E-state index in [0.717, 1.165) is 0 Å². The fourth-order valence-corrected chi connectivity index (χ4v) is 2.72. The minimum Gasteiger partial charge on any atom is -0.489 e. The van der Waals surface area contributed by atoms with Crippen LogP contribution in [0.15, 0.2) is 53.3 Å². The van der Waals surface area contributed by atoms with E-state index in [-0.39, 0.29) is 29.1 Å². The van der Waals surface area contributed by atoms with Gasteiger partial charge in [0, 0.05) is 11.6 Å². The van der Waals surface area contributed by atoms with Crippen molar-refractivity contribution in [3.05, 3.63) is 81.4 Å². The van der Waals surface area contributed by atoms with Gasteiger partial charge in [-0.25, -0.2) is 4.39 Å². The first-order valence-electron chi connectivity index (χ1n) is 7.87. The molecule has 0 bridgehead atoms. The van der Waals surface area contributed by atoms with Crippen molar-refractivity contribution in [2.45, 2.75) is 6.61 Å². The van der Waals surface area contributed by atoms with Gasteiger partial charge in [0.15, 0.2) is 0 Å². The van der Waals surface area contributed by atoms with Crippen LogP contribution in [0.25, 0.3) is 11.1 Å². The van der Waals surface area contributed by atoms with E-state index >= 15 is 0 Å². The van der Waals surface area contributed by atoms with E-state index in [1.165, 1.54) is 18.2 Å². The molecule has 27 heavy (non-hydrogen) atoms. The van der Waals surface area contributed by atoms with Gasteiger partial charge in [-0.2, -0.15) is 10.5 Å². The first-order chi connectivity index (χ1) is 13.0. The Labute approximate surface area is 153 Å². The lowest BCUT2D eigenvalue weighted by Gasteiger charge is -2.14. The molecule has 3 rings (SSSR count). The van der Waals surface area contributed by atoms with Gasteiger partial charge in [0.1, 0.15) is 47.3 Å². The number of rotatable bonds is 4. The SMILES string of the molecule is N#Cc1c(N)[nH]c(=O)c(C#N)c1-c1ccccc1COc1cccc(F)c1. The highest BCUT2D eigenvalue weighted by Gasteiger charge is 2.20. The second-order valence-corrected chi connectivity index (χ2v) is 5.62. The van der Waals surface area contributed by atoms with Crippen LogP contribution in [0.3, 0.4) is 0 Å². The van der Waals surface area contributed by atoms with Crippen molar-refractivity contribution in [2.75, 3.05) is 5.73 Å². The quantitative estimate of drug-likeness (QED) is 0.742. The van der Waals surface area contributed by atoms with Crippen LogP contribution in [0.2, 0.25) is 0 Å². The van der Waals surface area contributed by atoms with Crippen LogP contribution < -0.4 is 16.0 Å². The largest absolute Gasteiger partial charge is 0.489 e. The zero-order chi connectivity index (χ0) is 19.4. The Hall–Kier alpha value is -4.10. The maximum atomic E-state index is 13.3. The highest BCUT2D eigenvalue weighted by molar-refractivity contribution is 5.81. The van der Waals surface area contributed by atoms with Gasteiger partial charge in [-0.15, -0.1) is 0 Å². The molecule has 1 heterocycles. The third-order valence-corrected chi connectivity index (χ3v) is 3.95. The first-order valence-corrected chi connectivity index (χ1v) is 7.87. The molecule has 1 aromatic heterocycles. The molecule has 0 radical (unpaired) electrons. The normalized spacial score (nSPS) is 10.0. The molecule has 0 aliphatic rings. The monoisotopic (exact) mass is 360 g/mol. The summed E-state index contributed by atoms with van der Waals surface area (Å²) < 4.78 is 18.9. The number of aromatic amines is 1. The van der Waals surface area contributed by atoms with Crippen LogP contribution >= 0.6 is 0 Å². The highest BCUT2D eigenvalue weighted by Crippen LogP contribution is 2.31. The number of H-pyrrole nitrogens is 1. The number of hydrogen-bond donors (Lipinski definition) is 2. The summed E-state index contributed by atoms with van der Waals surface area (Å²) in [5.41, 5.74) is 6.12. The van der Waals surface area contributed by atoms with Crippen molar-refractivity contribution in [2.24, 2.45) is 0 Å². The topological polar surface area (TPSA) is 116 Å². The number of anilines is 1. The summed E-state index contributed by atoms with van der Waals surface area (Å²) in [5.74, 6) is -0.213. The van der Waals surface area contributed by atoms with Crippen LogP contribution in [-0.4, -0.2) is 4.98 Å². The van der Waals surface area contributed by atoms with Crippen LogP contribution in [0.4, 0.5) is 10.2 Å². The third kappa shape index (κ3) is 3.48. The lowest BCUT2D eigenvalue weighted by molar-refractivity contribution is 0.305. The second-order valence-electron chi connectivity index (χ2n) is 5.62. The Bertz CT molecular complexity index is 1160. The average molecular weight is 360 g/mol. The van der Waals surface area contributed by atoms with Crippen LogP contribution in [0, 0.1) is 28.5 Å². The summed E-state index contributed by atoms with van der Waals surface area (Å²) in [6.07, 6.45) is 0. The van der Waals surface area contributed by atoms with Crippen LogP contribution in [-0.2, 0) is 6.61 Å². The smallest absolute Gasteiger partial charge is 0.268 e. The fraction of sp³-hybridized carbons (Fsp3) is 0.0500. The molecule has 2 aromatic carbocycles. The molecule has 0 aliphatic heterocycles. The van der Waals surface area contributed by atoms with E-state index in [4.69, 9.17) is 10.5 Å². The van der Waals surface area contributed by atoms with E-state index in [1.807, 2.05) is 12.1 Å². The van der Waals surface area contributed by atoms with Crippen molar-refractivity contribution in [1.82, 2.24) is 4.98 Å². The van der Waals surface area contributed by atoms with Crippen molar-refractivity contribution >= 4 is 5.82 Å². The lowest BCUT2D eigenvalue weighted by atomic mass is 9.93. The Morgan fingerprint density at radius 3 is 2.52 bits per heavy atom. The summed E-state index contributed by atoms with van der Waals surface area (Å²) in [6, 6.07) is 16.3. The summed E-state index contributed by atoms with van der Waals surface area (Å²) in [6.45, 7) is 0.0437. The Morgan fingerprint density at radius 2 is 1.81 bits per heavy atom. The number of nitrogens with zero attached hydrogens (tertiary/aromatic N) is 2. The predicted octanol–water partition coefficient (Wildman–Crippen LogP) is 3.09. The Morgan fingerprint density at radius 1 is 1.07 bits per heavy atom. The van der Waals surface area contributed by atoms with Gasteiger partial charge in [0.25, 0.3) is 5.56 Å². The molecule has 0 fully saturated rings. The molecule has 132 valence electrons. The fourth-order valence-electron chi connectivity index (χ4n) is 2.72. The van der Waals surface area contributed by atoms with E-state index in [1.54, 1.807) is 30.3 Å². The third-order valence-electron chi connectivity index (χ3n) is 3.95. The number of nitrogen functional groups attached to an aromatic ring is 1. The predicted molar refractivity (Wildman–Crippen MR) is 97.1 cm³/mol. The zero-order valence-corrected chi connectivity index (χ0v) is 14.0. The van der Waals surface area contributed by atoms with Crippen molar-refractivity contribution in [3.8, 4) is 29.0 Å². The van der Waals surface area contributed by atoms with Gasteiger partial charge in [-0.1, -0.05) is 30.3 Å². The number of nitrogens with one attached hydrogen (secondary N) is 1. The van der Waals surface area contributed by atoms with E-state index in [2.05, 4.69) is 4.98 Å². The molecule has 6 nitrogen and oxygen atoms in total. The maximum absolute atomic E-state index is 13.3. The first kappa shape index (κ1) is 17.7. The van der Waals surface area contributed by atoms with E-state index in [0.29, 0.717) is 16.9 Å². The van der Waals surface area contributed by atoms with Crippen molar-refractivity contribution in [3.63, 3.8) is 0 Å². The molecule has 0 aliphatic carbocycles. The summed E-state index contributed by atoms with van der Waals surface area (Å²) in [7, 11) is 0. The van der Waals surface area contributed by atoms with Crippen molar-refractivity contribution in [1.29, 1.82) is 10.5 Å². The van der Waals surface area contributed by atoms with Gasteiger partial charge < -0.3 is 15.5 Å². The zero-order valence-electron chi connectivity index (χ0n) is 14.0. The second kappa shape index (κ2) is 7.42. The van der Waals surface area contributed by atoms with E-state index < -0.39 is 11.4 Å². The average Bonchev–Trinajstić information content (AvgIpc) is 2.66. The number of nitriles is 2. The van der Waals surface area contributed by atoms with Crippen molar-refractivity contribution < 1.29 is 9.13 Å². The molecule has 0 unspecified atom stereocenters. The van der Waals surface area contributed by atoms with Gasteiger partial charge >= 0.3 is 0 Å². The molecule has 0 saturated heterocycles. The number of benzene rings is 2. The Balaban J connectivity index is 2.11. The Kier molecular flexibility index (Phi) is 4.87. The van der Waals surface area contributed by atoms with Gasteiger partial charge in [-0.05, 0) is 23.3 Å². The number of halogens is 1. The molecule has 3 aromatic rings. The van der Waals surface area contributed by atoms with E-state index in [9.17, 15) is 19.7 Å². The molecule has 7 heteroatoms. The van der Waals surface area contributed by atoms with Crippen LogP contribution in [0.5, 0.6) is 5.75 Å². The number of pyridine rings is 1. The maximum Gasteiger partial charge on any atom is 0.268 e. The molecule has 0 saturated carbocycles. The lowest BCUT2D eigenvalue weighted by Crippen LogP contribution is -2.17. The minimum atomic E-state index is -0.676. The molecule has 0 amide bonds. The molecule has 3 N–H and O–H groups in total. The van der Waals surface area contributed by atoms with Gasteiger partial charge in [0.05, 0.1) is 0 Å². The minimum absolute atomic E-state index is 0.00403. The highest BCUT2D eigenvalue weighted by atomic mass is 19.1. The van der Waals surface area contributed by atoms with Gasteiger partial charge in [-0.3, -0.25) is 4.79 Å². The molecule has 0 atom stereocenters. The number of ether oxygens (including phenoxy) is 1. The summed E-state index contributed by atoms with van der Waals surface area (Å²) >= 11 is 0. The molecular formula is C20H13FN4O2. The molecular weight excluding hydrogens is 347 g/mol.